The minimum atomic E-state index is -0.832. The van der Waals surface area contributed by atoms with Gasteiger partial charge in [0.15, 0.2) is 0 Å². The quantitative estimate of drug-likeness (QED) is 0.0292. The summed E-state index contributed by atoms with van der Waals surface area (Å²) in [5.41, 5.74) is 23.8. The van der Waals surface area contributed by atoms with Crippen LogP contribution < -0.4 is 43.6 Å². The molecular formula is C92H94Br4Cl6N18O5. The number of hydrogen-bond acceptors (Lipinski definition) is 19. The molecule has 0 unspecified atom stereocenters. The second kappa shape index (κ2) is 43.1. The largest absolute Gasteiger partial charge is 0.397 e. The number of nitrogens with one attached hydrogen (secondary N) is 6. The molecule has 33 heteroatoms. The minimum absolute atomic E-state index is 0.00211. The summed E-state index contributed by atoms with van der Waals surface area (Å²) in [6.07, 6.45) is 5.17. The Kier molecular flexibility index (Phi) is 35.6. The normalized spacial score (nSPS) is 10.9. The van der Waals surface area contributed by atoms with E-state index in [4.69, 9.17) is 86.1 Å². The number of benzene rings is 8. The Labute approximate surface area is 789 Å². The predicted octanol–water partition coefficient (Wildman–Crippen LogP) is 25.6. The molecule has 0 saturated carbocycles. The van der Waals surface area contributed by atoms with Crippen LogP contribution >= 0.6 is 130 Å². The van der Waals surface area contributed by atoms with Crippen LogP contribution in [0.2, 0.25) is 30.1 Å². The van der Waals surface area contributed by atoms with Gasteiger partial charge in [-0.05, 0) is 236 Å². The van der Waals surface area contributed by atoms with Gasteiger partial charge in [-0.1, -0.05) is 125 Å². The molecule has 0 aliphatic rings. The number of aromatic nitrogens is 7. The van der Waals surface area contributed by atoms with Crippen LogP contribution in [-0.2, 0) is 62.0 Å². The van der Waals surface area contributed by atoms with Crippen molar-refractivity contribution < 1.29 is 19.2 Å². The van der Waals surface area contributed by atoms with Gasteiger partial charge in [-0.2, -0.15) is 21.0 Å². The molecular weight excluding hydrogens is 1970 g/mol. The fourth-order valence-electron chi connectivity index (χ4n) is 13.1. The number of carbonyl (C=O) groups is 4. The number of allylic oxidation sites excluding steroid dienone is 1. The van der Waals surface area contributed by atoms with Gasteiger partial charge in [-0.3, -0.25) is 24.0 Å². The predicted molar refractivity (Wildman–Crippen MR) is 533 cm³/mol. The molecule has 0 spiro atoms. The Morgan fingerprint density at radius 3 is 1.15 bits per heavy atom. The second-order valence-electron chi connectivity index (χ2n) is 30.5. The van der Waals surface area contributed by atoms with Crippen LogP contribution in [0.4, 0.5) is 57.7 Å². The number of carbonyl (C=O) groups excluding carboxylic acids is 4. The van der Waals surface area contributed by atoms with Gasteiger partial charge in [0.25, 0.3) is 5.56 Å². The molecule has 0 atom stereocenters. The lowest BCUT2D eigenvalue weighted by Gasteiger charge is -2.25. The van der Waals surface area contributed by atoms with Crippen LogP contribution in [0.5, 0.6) is 0 Å². The number of halogens is 10. The van der Waals surface area contributed by atoms with E-state index in [0.29, 0.717) is 174 Å². The summed E-state index contributed by atoms with van der Waals surface area (Å²) in [6, 6.07) is 35.2. The van der Waals surface area contributed by atoms with E-state index in [1.54, 1.807) is 162 Å². The maximum Gasteiger partial charge on any atom is 0.258 e. The van der Waals surface area contributed by atoms with Gasteiger partial charge in [0.1, 0.15) is 52.9 Å². The number of H-pyrrole nitrogens is 1. The van der Waals surface area contributed by atoms with Crippen molar-refractivity contribution in [2.45, 2.75) is 126 Å². The highest BCUT2D eigenvalue weighted by Gasteiger charge is 2.36. The van der Waals surface area contributed by atoms with Crippen molar-refractivity contribution in [2.24, 2.45) is 21.1 Å². The van der Waals surface area contributed by atoms with Gasteiger partial charge in [-0.15, -0.1) is 6.58 Å². The Hall–Kier alpha value is -10.5. The summed E-state index contributed by atoms with van der Waals surface area (Å²) >= 11 is 50.0. The Balaban J connectivity index is 0.000000242. The minimum Gasteiger partial charge on any atom is -0.397 e. The van der Waals surface area contributed by atoms with E-state index in [1.807, 2.05) is 72.2 Å². The summed E-state index contributed by atoms with van der Waals surface area (Å²) < 4.78 is 6.74. The van der Waals surface area contributed by atoms with Gasteiger partial charge in [0.2, 0.25) is 17.8 Å². The van der Waals surface area contributed by atoms with Crippen LogP contribution in [0.25, 0.3) is 56.0 Å². The highest BCUT2D eigenvalue weighted by Crippen LogP contribution is 2.45. The van der Waals surface area contributed by atoms with Crippen LogP contribution in [0, 0.1) is 59.2 Å². The number of anilines is 10. The zero-order valence-corrected chi connectivity index (χ0v) is 83.3. The molecule has 0 radical (unpaired) electrons. The molecule has 0 saturated heterocycles. The number of rotatable bonds is 18. The Morgan fingerprint density at radius 2 is 0.792 bits per heavy atom. The molecule has 0 fully saturated rings. The number of nitrogens with two attached hydrogens (primary N) is 2. The van der Waals surface area contributed by atoms with E-state index in [-0.39, 0.29) is 28.7 Å². The number of para-hydroxylation sites is 3. The van der Waals surface area contributed by atoms with Gasteiger partial charge in [0.05, 0.1) is 125 Å². The first kappa shape index (κ1) is 103. The number of pyridine rings is 1. The third-order valence-electron chi connectivity index (χ3n) is 21.7. The molecule has 12 aromatic rings. The first-order chi connectivity index (χ1) is 58.6. The van der Waals surface area contributed by atoms with E-state index < -0.39 is 21.7 Å². The molecule has 8 aromatic carbocycles. The average Bonchev–Trinajstić information content (AvgIpc) is 1.61. The SMILES string of the molecule is BrBr.C=CC.C=Cc1cc(C(C)(C)C(C)=O)c(C#N)c2c1nc(Nc1c(Cl)cccc1Cl)n2C.C=Cc1cc2c(C)c(C)[nH]c(=O)c2c2c1nc(Nc1c(Cl)cccc1Cl)n2C.CC(=O)C(C)(C)c1cc(Br)c2nc(Nc3c(Cl)cccc3Cl)n(C)c2c1C#N.CNc1c(N)c(Br)cc(C(C)(C)C(C)=O)c1C#N.CNc1c(N)ccc(C(C)(C)C(C)=O)c1C#N. The van der Waals surface area contributed by atoms with E-state index in [0.717, 1.165) is 33.3 Å². The average molecular weight is 2060 g/mol. The van der Waals surface area contributed by atoms with E-state index in [2.05, 4.69) is 146 Å². The third kappa shape index (κ3) is 21.4. The third-order valence-corrected chi connectivity index (χ3v) is 24.8. The first-order valence-electron chi connectivity index (χ1n) is 38.0. The van der Waals surface area contributed by atoms with E-state index in [1.165, 1.54) is 27.7 Å². The lowest BCUT2D eigenvalue weighted by atomic mass is 9.77. The van der Waals surface area contributed by atoms with Crippen LogP contribution in [0.15, 0.2) is 131 Å². The fourth-order valence-corrected chi connectivity index (χ4v) is 15.5. The van der Waals surface area contributed by atoms with Crippen molar-refractivity contribution in [3.63, 3.8) is 0 Å². The number of nitrogens with zero attached hydrogens (tertiary/aromatic N) is 10. The summed E-state index contributed by atoms with van der Waals surface area (Å²) in [4.78, 5) is 77.6. The van der Waals surface area contributed by atoms with Crippen molar-refractivity contribution >= 4 is 267 Å². The van der Waals surface area contributed by atoms with Gasteiger partial charge < -0.3 is 56.7 Å². The molecule has 4 heterocycles. The number of ketones is 4. The van der Waals surface area contributed by atoms with Crippen molar-refractivity contribution in [2.75, 3.05) is 52.1 Å². The Morgan fingerprint density at radius 1 is 0.480 bits per heavy atom. The maximum absolute atomic E-state index is 12.8. The number of imidazole rings is 3. The van der Waals surface area contributed by atoms with Gasteiger partial charge in [0, 0.05) is 111 Å². The molecule has 125 heavy (non-hydrogen) atoms. The van der Waals surface area contributed by atoms with Crippen LogP contribution in [0.3, 0.4) is 0 Å². The first-order valence-corrected chi connectivity index (χ1v) is 45.6. The summed E-state index contributed by atoms with van der Waals surface area (Å²) in [6.45, 7) is 37.5. The molecule has 0 aliphatic heterocycles. The number of fused-ring (bicyclic) bond motifs is 5. The second-order valence-corrected chi connectivity index (χ2v) is 34.7. The number of nitrogen functional groups attached to an aromatic ring is 2. The van der Waals surface area contributed by atoms with Crippen LogP contribution in [-0.4, -0.2) is 70.9 Å². The molecule has 0 amide bonds. The molecule has 652 valence electrons. The standard InChI is InChI=1S/C22H20Cl2N4O.C21H18Cl2N4O.C20H17BrCl2N4O.C13H16BrN3O.C13H17N3O.C3H6.Br2/c1-6-13-10-15(22(3,4)12(2)29)14(11-25)20-18(13)26-21(28(20)5)27-19-16(23)8-7-9-17(19)24;1-5-12-9-13-10(2)11(3)24-20(28)16(13)19-17(12)25-21(27(19)4)26-18-14(22)7-6-8-15(18)23;1-10(28)20(2,3)12-8-13(21)16-18(11(12)9-24)27(4)19(25-16)26-17-14(22)6-5-7-15(17)23;1-7(18)13(2,3)9-5-10(14)11(16)12(17-4)8(9)6-15;1-8(17)13(2,3)10-5-6-11(15)12(16-4)9(10)7-14;1-3-2;1-2/h6-10H,1H2,2-5H3,(H,26,27);5-9H,1H2,2-4H3,(H,24,28)(H,25,26);5-8H,1-4H3,(H,25,26);5,17H,16H2,1-4H3;5-6,16H,15H2,1-4H3;3H,1H2,2H3;. The number of hydrogen-bond donors (Lipinski definition) is 8. The van der Waals surface area contributed by atoms with E-state index in [9.17, 15) is 45.0 Å². The molecule has 23 nitrogen and oxygen atoms in total. The topological polar surface area (TPSA) is 362 Å². The van der Waals surface area contributed by atoms with Crippen molar-refractivity contribution in [3.8, 4) is 24.3 Å². The highest BCUT2D eigenvalue weighted by molar-refractivity contribution is 9.93. The molecule has 4 aromatic heterocycles. The fraction of sp³-hybridized carbons (Fsp3) is 0.261. The Bertz CT molecular complexity index is 6490. The lowest BCUT2D eigenvalue weighted by molar-refractivity contribution is -0.122. The molecule has 12 rings (SSSR count). The van der Waals surface area contributed by atoms with Crippen molar-refractivity contribution in [1.29, 1.82) is 21.0 Å². The van der Waals surface area contributed by atoms with E-state index >= 15 is 0 Å². The zero-order valence-electron chi connectivity index (χ0n) is 72.5. The molecule has 0 bridgehead atoms. The smallest absolute Gasteiger partial charge is 0.258 e. The van der Waals surface area contributed by atoms with Crippen molar-refractivity contribution in [3.05, 3.63) is 233 Å². The summed E-state index contributed by atoms with van der Waals surface area (Å²) in [7, 11) is 8.84. The summed E-state index contributed by atoms with van der Waals surface area (Å²) in [5, 5.41) is 58.0. The lowest BCUT2D eigenvalue weighted by Crippen LogP contribution is -2.28. The highest BCUT2D eigenvalue weighted by atomic mass is 80.9. The summed E-state index contributed by atoms with van der Waals surface area (Å²) in [5.74, 6) is 1.41. The van der Waals surface area contributed by atoms with Crippen molar-refractivity contribution in [1.82, 2.24) is 33.6 Å². The number of aromatic amines is 1. The molecule has 10 N–H and O–H groups in total. The van der Waals surface area contributed by atoms with Gasteiger partial charge in [-0.25, -0.2) is 15.0 Å². The number of nitriles is 4. The number of Topliss-reactive ketones (excluding diaryl/α,β-unsaturated/α-hetero) is 4. The maximum atomic E-state index is 12.8. The number of aryl methyl sites for hydroxylation is 5. The van der Waals surface area contributed by atoms with Crippen LogP contribution in [0.1, 0.15) is 157 Å². The monoisotopic (exact) mass is 2060 g/mol. The zero-order chi connectivity index (χ0) is 94.5. The van der Waals surface area contributed by atoms with Gasteiger partial charge >= 0.3 is 0 Å². The molecule has 0 aliphatic carbocycles.